The Morgan fingerprint density at radius 2 is 1.29 bits per heavy atom. The molecule has 0 spiro atoms. The van der Waals surface area contributed by atoms with Crippen LogP contribution in [-0.4, -0.2) is 18.0 Å². The highest BCUT2D eigenvalue weighted by Gasteiger charge is 2.24. The maximum atomic E-state index is 13.6. The van der Waals surface area contributed by atoms with Crippen LogP contribution >= 0.6 is 7.14 Å². The van der Waals surface area contributed by atoms with Crippen LogP contribution in [-0.2, 0) is 4.57 Å². The molecule has 0 amide bonds. The molecule has 0 unspecified atom stereocenters. The number of nitrogens with zero attached hydrogens (tertiary/aromatic N) is 1. The molecular weight excluding hydrogens is 277 g/mol. The maximum Gasteiger partial charge on any atom is 0.212 e. The molecule has 0 aliphatic rings. The first-order valence-corrected chi connectivity index (χ1v) is 8.90. The number of hydrogen-bond acceptors (Lipinski definition) is 2. The third-order valence-electron chi connectivity index (χ3n) is 3.37. The van der Waals surface area contributed by atoms with Crippen molar-refractivity contribution in [1.29, 1.82) is 0 Å². The van der Waals surface area contributed by atoms with Crippen LogP contribution < -0.4 is 10.6 Å². The van der Waals surface area contributed by atoms with Gasteiger partial charge in [-0.3, -0.25) is 4.57 Å². The Bertz CT molecular complexity index is 623. The van der Waals surface area contributed by atoms with E-state index in [0.717, 1.165) is 23.7 Å². The van der Waals surface area contributed by atoms with E-state index in [0.29, 0.717) is 0 Å². The molecule has 0 radical (unpaired) electrons. The van der Waals surface area contributed by atoms with E-state index in [1.54, 1.807) is 0 Å². The third kappa shape index (κ3) is 3.57. The molecule has 0 N–H and O–H groups in total. The van der Waals surface area contributed by atoms with Crippen LogP contribution in [0.1, 0.15) is 13.8 Å². The summed E-state index contributed by atoms with van der Waals surface area (Å²) >= 11 is 0. The summed E-state index contributed by atoms with van der Waals surface area (Å²) in [6.07, 6.45) is 0. The molecular formula is C18H20NOP. The molecule has 2 aromatic carbocycles. The fraction of sp³-hybridized carbons (Fsp3) is 0.222. The van der Waals surface area contributed by atoms with E-state index < -0.39 is 7.14 Å². The lowest BCUT2D eigenvalue weighted by Gasteiger charge is -2.15. The van der Waals surface area contributed by atoms with Crippen LogP contribution in [0.4, 0.5) is 0 Å². The number of rotatable bonds is 4. The van der Waals surface area contributed by atoms with E-state index >= 15 is 0 Å². The predicted octanol–water partition coefficient (Wildman–Crippen LogP) is 3.26. The van der Waals surface area contributed by atoms with Crippen molar-refractivity contribution in [3.05, 3.63) is 60.7 Å². The Balaban J connectivity index is 2.53. The maximum absolute atomic E-state index is 13.6. The van der Waals surface area contributed by atoms with Crippen molar-refractivity contribution in [1.82, 2.24) is 4.90 Å². The summed E-state index contributed by atoms with van der Waals surface area (Å²) in [6.45, 7) is 5.75. The molecule has 0 heterocycles. The lowest BCUT2D eigenvalue weighted by Crippen LogP contribution is -2.18. The first-order valence-electron chi connectivity index (χ1n) is 7.20. The molecule has 108 valence electrons. The largest absolute Gasteiger partial charge is 0.333 e. The summed E-state index contributed by atoms with van der Waals surface area (Å²) < 4.78 is 13.6. The van der Waals surface area contributed by atoms with Gasteiger partial charge in [0.25, 0.3) is 0 Å². The second-order valence-corrected chi connectivity index (χ2v) is 7.15. The average molecular weight is 297 g/mol. The zero-order valence-corrected chi connectivity index (χ0v) is 13.4. The van der Waals surface area contributed by atoms with Crippen LogP contribution in [0.15, 0.2) is 60.7 Å². The van der Waals surface area contributed by atoms with E-state index in [2.05, 4.69) is 11.7 Å². The predicted molar refractivity (Wildman–Crippen MR) is 90.5 cm³/mol. The van der Waals surface area contributed by atoms with Crippen molar-refractivity contribution in [2.45, 2.75) is 13.8 Å². The van der Waals surface area contributed by atoms with Gasteiger partial charge < -0.3 is 4.90 Å². The average Bonchev–Trinajstić information content (AvgIpc) is 2.57. The van der Waals surface area contributed by atoms with E-state index in [9.17, 15) is 4.57 Å². The summed E-state index contributed by atoms with van der Waals surface area (Å²) in [5.74, 6) is 0. The zero-order chi connectivity index (χ0) is 15.1. The van der Waals surface area contributed by atoms with Gasteiger partial charge in [0.05, 0.1) is 0 Å². The molecule has 0 aliphatic carbocycles. The van der Waals surface area contributed by atoms with Gasteiger partial charge in [0.1, 0.15) is 0 Å². The van der Waals surface area contributed by atoms with Crippen LogP contribution in [0.3, 0.4) is 0 Å². The third-order valence-corrected chi connectivity index (χ3v) is 5.83. The van der Waals surface area contributed by atoms with Gasteiger partial charge in [-0.25, -0.2) is 0 Å². The molecule has 0 atom stereocenters. The Morgan fingerprint density at radius 3 is 1.67 bits per heavy atom. The number of benzene rings is 2. The first-order chi connectivity index (χ1) is 10.2. The van der Waals surface area contributed by atoms with Crippen LogP contribution in [0.2, 0.25) is 0 Å². The minimum absolute atomic E-state index is 0.788. The van der Waals surface area contributed by atoms with E-state index in [1.165, 1.54) is 0 Å². The molecule has 2 aromatic rings. The van der Waals surface area contributed by atoms with Crippen LogP contribution in [0, 0.1) is 11.7 Å². The van der Waals surface area contributed by atoms with E-state index in [-0.39, 0.29) is 0 Å². The minimum atomic E-state index is -2.91. The van der Waals surface area contributed by atoms with Crippen molar-refractivity contribution in [2.75, 3.05) is 13.1 Å². The summed E-state index contributed by atoms with van der Waals surface area (Å²) in [5.41, 5.74) is 3.06. The quantitative estimate of drug-likeness (QED) is 0.490. The van der Waals surface area contributed by atoms with Crippen molar-refractivity contribution in [3.8, 4) is 11.7 Å². The standard InChI is InChI=1S/C18H20NOP/c1-3-19(4-2)15-16-21(20,17-11-7-5-8-12-17)18-13-9-6-10-14-18/h5-14H,3-4H2,1-2H3. The molecule has 0 fully saturated rings. The molecule has 0 aromatic heterocycles. The molecule has 0 aliphatic heterocycles. The van der Waals surface area contributed by atoms with E-state index in [1.807, 2.05) is 79.4 Å². The summed E-state index contributed by atoms with van der Waals surface area (Å²) in [4.78, 5) is 1.97. The van der Waals surface area contributed by atoms with Crippen molar-refractivity contribution < 1.29 is 4.57 Å². The van der Waals surface area contributed by atoms with Gasteiger partial charge in [0, 0.05) is 29.7 Å². The van der Waals surface area contributed by atoms with Gasteiger partial charge in [-0.15, -0.1) is 0 Å². The molecule has 0 bridgehead atoms. The van der Waals surface area contributed by atoms with E-state index in [4.69, 9.17) is 0 Å². The second kappa shape index (κ2) is 7.16. The van der Waals surface area contributed by atoms with Gasteiger partial charge in [-0.1, -0.05) is 60.7 Å². The highest BCUT2D eigenvalue weighted by Crippen LogP contribution is 2.41. The van der Waals surface area contributed by atoms with Crippen LogP contribution in [0.5, 0.6) is 0 Å². The Kier molecular flexibility index (Phi) is 5.26. The van der Waals surface area contributed by atoms with Gasteiger partial charge in [0.15, 0.2) is 0 Å². The van der Waals surface area contributed by atoms with Gasteiger partial charge in [0.2, 0.25) is 7.14 Å². The Morgan fingerprint density at radius 1 is 0.857 bits per heavy atom. The fourth-order valence-corrected chi connectivity index (χ4v) is 4.10. The first kappa shape index (κ1) is 15.4. The highest BCUT2D eigenvalue weighted by atomic mass is 31.2. The minimum Gasteiger partial charge on any atom is -0.333 e. The topological polar surface area (TPSA) is 20.3 Å². The highest BCUT2D eigenvalue weighted by molar-refractivity contribution is 7.83. The lowest BCUT2D eigenvalue weighted by molar-refractivity contribution is 0.444. The molecule has 21 heavy (non-hydrogen) atoms. The van der Waals surface area contributed by atoms with Gasteiger partial charge in [-0.05, 0) is 19.5 Å². The molecule has 0 saturated carbocycles. The SMILES string of the molecule is CCN(C#CP(=O)(c1ccccc1)c1ccccc1)CC. The normalized spacial score (nSPS) is 10.6. The molecule has 0 saturated heterocycles. The Hall–Kier alpha value is -1.97. The fourth-order valence-electron chi connectivity index (χ4n) is 2.08. The molecule has 2 rings (SSSR count). The summed E-state index contributed by atoms with van der Waals surface area (Å²) in [6, 6.07) is 22.1. The smallest absolute Gasteiger partial charge is 0.212 e. The van der Waals surface area contributed by atoms with Crippen molar-refractivity contribution in [3.63, 3.8) is 0 Å². The Labute approximate surface area is 127 Å². The lowest BCUT2D eigenvalue weighted by atomic mass is 10.4. The summed E-state index contributed by atoms with van der Waals surface area (Å²) in [7, 11) is -2.91. The van der Waals surface area contributed by atoms with Gasteiger partial charge in [-0.2, -0.15) is 0 Å². The zero-order valence-electron chi connectivity index (χ0n) is 12.5. The molecule has 3 heteroatoms. The monoisotopic (exact) mass is 297 g/mol. The number of hydrogen-bond donors (Lipinski definition) is 0. The van der Waals surface area contributed by atoms with Gasteiger partial charge >= 0.3 is 0 Å². The van der Waals surface area contributed by atoms with Crippen LogP contribution in [0.25, 0.3) is 0 Å². The molecule has 2 nitrogen and oxygen atoms in total. The van der Waals surface area contributed by atoms with Crippen molar-refractivity contribution in [2.24, 2.45) is 0 Å². The summed E-state index contributed by atoms with van der Waals surface area (Å²) in [5, 5.41) is 1.58. The second-order valence-electron chi connectivity index (χ2n) is 4.68. The van der Waals surface area contributed by atoms with Crippen molar-refractivity contribution >= 4 is 17.8 Å².